The molecule has 0 bridgehead atoms. The number of nitrogens with one attached hydrogen (secondary N) is 2. The van der Waals surface area contributed by atoms with E-state index in [0.29, 0.717) is 17.3 Å². The van der Waals surface area contributed by atoms with E-state index in [1.54, 1.807) is 31.3 Å². The van der Waals surface area contributed by atoms with Crippen LogP contribution in [0.4, 0.5) is 5.95 Å². The Balaban J connectivity index is 1.88. The van der Waals surface area contributed by atoms with Gasteiger partial charge in [-0.1, -0.05) is 6.07 Å². The van der Waals surface area contributed by atoms with Crippen molar-refractivity contribution in [2.75, 3.05) is 5.32 Å². The van der Waals surface area contributed by atoms with E-state index in [-0.39, 0.29) is 17.5 Å². The van der Waals surface area contributed by atoms with Gasteiger partial charge in [-0.25, -0.2) is 4.98 Å². The predicted octanol–water partition coefficient (Wildman–Crippen LogP) is 1.53. The van der Waals surface area contributed by atoms with Gasteiger partial charge in [0.1, 0.15) is 11.5 Å². The highest BCUT2D eigenvalue weighted by Crippen LogP contribution is 2.13. The van der Waals surface area contributed by atoms with Crippen LogP contribution in [0, 0.1) is 13.8 Å². The van der Waals surface area contributed by atoms with Crippen LogP contribution in [-0.4, -0.2) is 36.0 Å². The normalized spacial score (nSPS) is 10.5. The number of carbonyl (C=O) groups excluding carboxylic acids is 1. The average Bonchev–Trinajstić information content (AvgIpc) is 2.94. The lowest BCUT2D eigenvalue weighted by Crippen LogP contribution is -2.16. The SMILES string of the molecule is Cc1nc(NC(=O)c2cc(C)[nH]n2)nc(-c2ccccn2)n1. The van der Waals surface area contributed by atoms with Crippen molar-refractivity contribution in [1.82, 2.24) is 30.1 Å². The zero-order chi connectivity index (χ0) is 15.5. The highest BCUT2D eigenvalue weighted by Gasteiger charge is 2.13. The highest BCUT2D eigenvalue weighted by atomic mass is 16.2. The van der Waals surface area contributed by atoms with Crippen LogP contribution in [0.5, 0.6) is 0 Å². The smallest absolute Gasteiger partial charge is 0.278 e. The van der Waals surface area contributed by atoms with Crippen LogP contribution in [0.3, 0.4) is 0 Å². The summed E-state index contributed by atoms with van der Waals surface area (Å²) in [6.45, 7) is 3.54. The molecule has 3 aromatic heterocycles. The minimum Gasteiger partial charge on any atom is -0.289 e. The summed E-state index contributed by atoms with van der Waals surface area (Å²) < 4.78 is 0. The van der Waals surface area contributed by atoms with Gasteiger partial charge in [0.15, 0.2) is 11.5 Å². The molecule has 0 saturated heterocycles. The van der Waals surface area contributed by atoms with Crippen molar-refractivity contribution >= 4 is 11.9 Å². The number of hydrogen-bond acceptors (Lipinski definition) is 6. The van der Waals surface area contributed by atoms with E-state index >= 15 is 0 Å². The summed E-state index contributed by atoms with van der Waals surface area (Å²) in [5.41, 5.74) is 1.68. The maximum Gasteiger partial charge on any atom is 0.278 e. The molecule has 3 rings (SSSR count). The second-order valence-corrected chi connectivity index (χ2v) is 4.64. The van der Waals surface area contributed by atoms with E-state index in [2.05, 4.69) is 35.5 Å². The molecule has 3 heterocycles. The number of anilines is 1. The molecule has 0 spiro atoms. The van der Waals surface area contributed by atoms with Gasteiger partial charge in [-0.3, -0.25) is 20.2 Å². The molecule has 0 aromatic carbocycles. The topological polar surface area (TPSA) is 109 Å². The Hall–Kier alpha value is -3.16. The Morgan fingerprint density at radius 3 is 2.73 bits per heavy atom. The lowest BCUT2D eigenvalue weighted by atomic mass is 10.3. The maximum atomic E-state index is 12.1. The van der Waals surface area contributed by atoms with Crippen LogP contribution < -0.4 is 5.32 Å². The lowest BCUT2D eigenvalue weighted by Gasteiger charge is -2.05. The van der Waals surface area contributed by atoms with Gasteiger partial charge in [0.05, 0.1) is 0 Å². The van der Waals surface area contributed by atoms with Crippen LogP contribution >= 0.6 is 0 Å². The molecule has 8 heteroatoms. The van der Waals surface area contributed by atoms with Gasteiger partial charge in [0.2, 0.25) is 5.95 Å². The Morgan fingerprint density at radius 2 is 2.05 bits per heavy atom. The molecule has 8 nitrogen and oxygen atoms in total. The molecular weight excluding hydrogens is 282 g/mol. The van der Waals surface area contributed by atoms with Crippen molar-refractivity contribution in [3.63, 3.8) is 0 Å². The number of nitrogens with zero attached hydrogens (tertiary/aromatic N) is 5. The molecule has 0 atom stereocenters. The fourth-order valence-corrected chi connectivity index (χ4v) is 1.85. The first-order chi connectivity index (χ1) is 10.6. The van der Waals surface area contributed by atoms with Crippen molar-refractivity contribution in [3.8, 4) is 11.5 Å². The second-order valence-electron chi connectivity index (χ2n) is 4.64. The highest BCUT2D eigenvalue weighted by molar-refractivity contribution is 6.01. The average molecular weight is 295 g/mol. The quantitative estimate of drug-likeness (QED) is 0.758. The van der Waals surface area contributed by atoms with Gasteiger partial charge < -0.3 is 0 Å². The van der Waals surface area contributed by atoms with Crippen molar-refractivity contribution in [2.24, 2.45) is 0 Å². The van der Waals surface area contributed by atoms with E-state index in [1.807, 2.05) is 13.0 Å². The molecule has 0 aliphatic carbocycles. The van der Waals surface area contributed by atoms with Crippen LogP contribution in [0.15, 0.2) is 30.5 Å². The molecule has 0 aliphatic rings. The number of pyridine rings is 1. The van der Waals surface area contributed by atoms with E-state index in [4.69, 9.17) is 0 Å². The summed E-state index contributed by atoms with van der Waals surface area (Å²) in [4.78, 5) is 28.8. The Bertz CT molecular complexity index is 813. The molecule has 0 aliphatic heterocycles. The van der Waals surface area contributed by atoms with Crippen molar-refractivity contribution < 1.29 is 4.79 Å². The zero-order valence-electron chi connectivity index (χ0n) is 12.0. The summed E-state index contributed by atoms with van der Waals surface area (Å²) in [5.74, 6) is 0.673. The molecule has 1 amide bonds. The second kappa shape index (κ2) is 5.68. The summed E-state index contributed by atoms with van der Waals surface area (Å²) in [6.07, 6.45) is 1.65. The van der Waals surface area contributed by atoms with Crippen LogP contribution in [0.1, 0.15) is 22.0 Å². The number of aryl methyl sites for hydroxylation is 2. The maximum absolute atomic E-state index is 12.1. The number of hydrogen-bond donors (Lipinski definition) is 2. The molecule has 22 heavy (non-hydrogen) atoms. The minimum atomic E-state index is -0.387. The van der Waals surface area contributed by atoms with Gasteiger partial charge in [0.25, 0.3) is 5.91 Å². The lowest BCUT2D eigenvalue weighted by molar-refractivity contribution is 0.102. The van der Waals surface area contributed by atoms with E-state index in [9.17, 15) is 4.79 Å². The Labute approximate surface area is 126 Å². The molecule has 0 saturated carbocycles. The molecule has 0 unspecified atom stereocenters. The van der Waals surface area contributed by atoms with Crippen molar-refractivity contribution in [3.05, 3.63) is 47.7 Å². The number of aromatic nitrogens is 6. The van der Waals surface area contributed by atoms with E-state index in [1.165, 1.54) is 0 Å². The first-order valence-electron chi connectivity index (χ1n) is 6.59. The molecule has 2 N–H and O–H groups in total. The van der Waals surface area contributed by atoms with Gasteiger partial charge in [-0.2, -0.15) is 15.1 Å². The fraction of sp³-hybridized carbons (Fsp3) is 0.143. The summed E-state index contributed by atoms with van der Waals surface area (Å²) >= 11 is 0. The summed E-state index contributed by atoms with van der Waals surface area (Å²) in [6, 6.07) is 7.08. The molecule has 3 aromatic rings. The number of carbonyl (C=O) groups is 1. The first kappa shape index (κ1) is 13.8. The van der Waals surface area contributed by atoms with E-state index < -0.39 is 0 Å². The predicted molar refractivity (Wildman–Crippen MR) is 79.1 cm³/mol. The first-order valence-corrected chi connectivity index (χ1v) is 6.59. The van der Waals surface area contributed by atoms with Crippen LogP contribution in [0.25, 0.3) is 11.5 Å². The summed E-state index contributed by atoms with van der Waals surface area (Å²) in [5, 5.41) is 9.22. The molecular formula is C14H13N7O. The van der Waals surface area contributed by atoms with Gasteiger partial charge in [-0.05, 0) is 32.0 Å². The van der Waals surface area contributed by atoms with Gasteiger partial charge in [-0.15, -0.1) is 0 Å². The molecule has 110 valence electrons. The van der Waals surface area contributed by atoms with Crippen LogP contribution in [0.2, 0.25) is 0 Å². The zero-order valence-corrected chi connectivity index (χ0v) is 12.0. The summed E-state index contributed by atoms with van der Waals surface area (Å²) in [7, 11) is 0. The monoisotopic (exact) mass is 295 g/mol. The minimum absolute atomic E-state index is 0.166. The number of amides is 1. The van der Waals surface area contributed by atoms with Crippen molar-refractivity contribution in [1.29, 1.82) is 0 Å². The van der Waals surface area contributed by atoms with Crippen molar-refractivity contribution in [2.45, 2.75) is 13.8 Å². The van der Waals surface area contributed by atoms with Gasteiger partial charge in [0, 0.05) is 11.9 Å². The third-order valence-electron chi connectivity index (χ3n) is 2.81. The molecule has 0 fully saturated rings. The Morgan fingerprint density at radius 1 is 1.18 bits per heavy atom. The number of aromatic amines is 1. The largest absolute Gasteiger partial charge is 0.289 e. The fourth-order valence-electron chi connectivity index (χ4n) is 1.85. The van der Waals surface area contributed by atoms with Gasteiger partial charge >= 0.3 is 0 Å². The number of rotatable bonds is 3. The van der Waals surface area contributed by atoms with Crippen LogP contribution in [-0.2, 0) is 0 Å². The third-order valence-corrected chi connectivity index (χ3v) is 2.81. The third kappa shape index (κ3) is 2.95. The van der Waals surface area contributed by atoms with E-state index in [0.717, 1.165) is 5.69 Å². The molecule has 0 radical (unpaired) electrons. The number of H-pyrrole nitrogens is 1. The standard InChI is InChI=1S/C14H13N7O/c1-8-7-11(21-20-8)13(22)19-14-17-9(2)16-12(18-14)10-5-3-4-6-15-10/h3-7H,1-2H3,(H,20,21)(H,16,17,18,19,22). The Kier molecular flexibility index (Phi) is 3.57.